The van der Waals surface area contributed by atoms with Crippen molar-refractivity contribution in [3.8, 4) is 11.4 Å². The van der Waals surface area contributed by atoms with Gasteiger partial charge in [-0.15, -0.1) is 0 Å². The van der Waals surface area contributed by atoms with Gasteiger partial charge in [0.2, 0.25) is 11.7 Å². The number of nitrogens with one attached hydrogen (secondary N) is 1. The minimum absolute atomic E-state index is 0.0243. The first kappa shape index (κ1) is 17.4. The van der Waals surface area contributed by atoms with Gasteiger partial charge >= 0.3 is 0 Å². The molecule has 27 heavy (non-hydrogen) atoms. The van der Waals surface area contributed by atoms with Crippen LogP contribution in [0.15, 0.2) is 47.0 Å². The van der Waals surface area contributed by atoms with Crippen LogP contribution < -0.4 is 5.32 Å². The topological polar surface area (TPSA) is 88.2 Å². The second-order valence-corrected chi connectivity index (χ2v) is 6.92. The molecule has 3 aromatic rings. The van der Waals surface area contributed by atoms with Crippen molar-refractivity contribution < 1.29 is 14.4 Å². The molecule has 0 radical (unpaired) electrons. The Morgan fingerprint density at radius 2 is 2.15 bits per heavy atom. The summed E-state index contributed by atoms with van der Waals surface area (Å²) >= 11 is 0. The average Bonchev–Trinajstić information content (AvgIpc) is 3.28. The highest BCUT2D eigenvalue weighted by molar-refractivity contribution is 5.94. The van der Waals surface area contributed by atoms with Gasteiger partial charge in [-0.25, -0.2) is 0 Å². The van der Waals surface area contributed by atoms with Gasteiger partial charge in [-0.3, -0.25) is 4.79 Å². The smallest absolute Gasteiger partial charge is 0.251 e. The molecule has 0 bridgehead atoms. The molecule has 0 fully saturated rings. The number of amides is 1. The molecule has 1 heterocycles. The summed E-state index contributed by atoms with van der Waals surface area (Å²) in [6.45, 7) is 3.45. The van der Waals surface area contributed by atoms with Crippen molar-refractivity contribution in [3.63, 3.8) is 0 Å². The Morgan fingerprint density at radius 3 is 2.89 bits per heavy atom. The molecular formula is C21H21N3O3. The number of hydrogen-bond donors (Lipinski definition) is 2. The van der Waals surface area contributed by atoms with Gasteiger partial charge in [0.25, 0.3) is 5.91 Å². The van der Waals surface area contributed by atoms with E-state index in [2.05, 4.69) is 21.5 Å². The molecule has 0 spiro atoms. The van der Waals surface area contributed by atoms with Crippen molar-refractivity contribution in [3.05, 3.63) is 70.6 Å². The van der Waals surface area contributed by atoms with E-state index in [1.165, 1.54) is 5.56 Å². The van der Waals surface area contributed by atoms with E-state index in [0.717, 1.165) is 29.5 Å². The minimum Gasteiger partial charge on any atom is -0.389 e. The molecule has 2 aromatic carbocycles. The predicted octanol–water partition coefficient (Wildman–Crippen LogP) is 3.52. The standard InChI is InChI=1S/C21H21N3O3/c1-12(25)14-4-3-5-17(10-14)21(26)23-19-9-7-15-11-16(6-8-18(15)19)20-22-13(2)27-24-20/h3-6,8,10-12,19,25H,7,9H2,1-2H3,(H,23,26)/t12?,19-/m1/s1. The summed E-state index contributed by atoms with van der Waals surface area (Å²) in [4.78, 5) is 16.9. The van der Waals surface area contributed by atoms with Crippen LogP contribution in [0, 0.1) is 6.92 Å². The average molecular weight is 363 g/mol. The molecule has 1 aliphatic rings. The van der Waals surface area contributed by atoms with Crippen molar-refractivity contribution in [1.82, 2.24) is 15.5 Å². The minimum atomic E-state index is -0.600. The molecular weight excluding hydrogens is 342 g/mol. The second-order valence-electron chi connectivity index (χ2n) is 6.92. The highest BCUT2D eigenvalue weighted by Gasteiger charge is 2.25. The van der Waals surface area contributed by atoms with E-state index in [4.69, 9.17) is 4.52 Å². The van der Waals surface area contributed by atoms with Gasteiger partial charge in [0, 0.05) is 18.1 Å². The predicted molar refractivity (Wildman–Crippen MR) is 100 cm³/mol. The van der Waals surface area contributed by atoms with Gasteiger partial charge in [-0.2, -0.15) is 4.98 Å². The number of nitrogens with zero attached hydrogens (tertiary/aromatic N) is 2. The van der Waals surface area contributed by atoms with E-state index >= 15 is 0 Å². The normalized spacial score (nSPS) is 16.8. The quantitative estimate of drug-likeness (QED) is 0.740. The zero-order valence-corrected chi connectivity index (χ0v) is 15.3. The molecule has 138 valence electrons. The van der Waals surface area contributed by atoms with Crippen LogP contribution in [0.25, 0.3) is 11.4 Å². The number of aryl methyl sites for hydroxylation is 2. The fraction of sp³-hybridized carbons (Fsp3) is 0.286. The lowest BCUT2D eigenvalue weighted by Crippen LogP contribution is -2.27. The lowest BCUT2D eigenvalue weighted by Gasteiger charge is -2.15. The third-order valence-electron chi connectivity index (χ3n) is 4.94. The van der Waals surface area contributed by atoms with Gasteiger partial charge in [-0.1, -0.05) is 29.4 Å². The Balaban J connectivity index is 1.53. The second kappa shape index (κ2) is 6.96. The molecule has 2 atom stereocenters. The largest absolute Gasteiger partial charge is 0.389 e. The maximum absolute atomic E-state index is 12.7. The third kappa shape index (κ3) is 3.48. The number of aromatic nitrogens is 2. The van der Waals surface area contributed by atoms with Crippen LogP contribution in [0.5, 0.6) is 0 Å². The molecule has 0 saturated heterocycles. The third-order valence-corrected chi connectivity index (χ3v) is 4.94. The number of benzene rings is 2. The van der Waals surface area contributed by atoms with Crippen molar-refractivity contribution in [2.75, 3.05) is 0 Å². The summed E-state index contributed by atoms with van der Waals surface area (Å²) < 4.78 is 5.05. The van der Waals surface area contributed by atoms with E-state index < -0.39 is 6.10 Å². The van der Waals surface area contributed by atoms with Crippen molar-refractivity contribution >= 4 is 5.91 Å². The number of rotatable bonds is 4. The monoisotopic (exact) mass is 363 g/mol. The van der Waals surface area contributed by atoms with Crippen LogP contribution in [-0.4, -0.2) is 21.2 Å². The van der Waals surface area contributed by atoms with Crippen LogP contribution in [-0.2, 0) is 6.42 Å². The SMILES string of the molecule is Cc1nc(-c2ccc3c(c2)CC[C@H]3NC(=O)c2cccc(C(C)O)c2)no1. The fourth-order valence-electron chi connectivity index (χ4n) is 3.50. The molecule has 6 nitrogen and oxygen atoms in total. The lowest BCUT2D eigenvalue weighted by atomic mass is 10.0. The molecule has 1 amide bonds. The first-order valence-electron chi connectivity index (χ1n) is 9.03. The number of fused-ring (bicyclic) bond motifs is 1. The number of hydrogen-bond acceptors (Lipinski definition) is 5. The van der Waals surface area contributed by atoms with Gasteiger partial charge in [0.15, 0.2) is 0 Å². The summed E-state index contributed by atoms with van der Waals surface area (Å²) in [7, 11) is 0. The molecule has 6 heteroatoms. The van der Waals surface area contributed by atoms with Crippen LogP contribution >= 0.6 is 0 Å². The first-order valence-corrected chi connectivity index (χ1v) is 9.03. The number of aliphatic hydroxyl groups excluding tert-OH is 1. The maximum atomic E-state index is 12.7. The van der Waals surface area contributed by atoms with E-state index in [1.54, 1.807) is 32.0 Å². The van der Waals surface area contributed by atoms with Crippen molar-refractivity contribution in [1.29, 1.82) is 0 Å². The van der Waals surface area contributed by atoms with Gasteiger partial charge in [0.1, 0.15) is 0 Å². The molecule has 1 aliphatic carbocycles. The first-order chi connectivity index (χ1) is 13.0. The summed E-state index contributed by atoms with van der Waals surface area (Å²) in [5, 5.41) is 16.8. The Morgan fingerprint density at radius 1 is 1.30 bits per heavy atom. The molecule has 0 saturated carbocycles. The Bertz CT molecular complexity index is 994. The summed E-state index contributed by atoms with van der Waals surface area (Å²) in [6, 6.07) is 13.1. The van der Waals surface area contributed by atoms with Gasteiger partial charge < -0.3 is 14.9 Å². The van der Waals surface area contributed by atoms with Gasteiger partial charge in [-0.05, 0) is 54.7 Å². The Hall–Kier alpha value is -2.99. The Kier molecular flexibility index (Phi) is 4.49. The molecule has 2 N–H and O–H groups in total. The summed E-state index contributed by atoms with van der Waals surface area (Å²) in [5.41, 5.74) is 4.52. The lowest BCUT2D eigenvalue weighted by molar-refractivity contribution is 0.0936. The molecule has 4 rings (SSSR count). The van der Waals surface area contributed by atoms with E-state index in [1.807, 2.05) is 18.2 Å². The number of carbonyl (C=O) groups is 1. The van der Waals surface area contributed by atoms with Crippen LogP contribution in [0.1, 0.15) is 58.4 Å². The Labute approximate surface area is 157 Å². The van der Waals surface area contributed by atoms with Crippen LogP contribution in [0.2, 0.25) is 0 Å². The van der Waals surface area contributed by atoms with Crippen LogP contribution in [0.3, 0.4) is 0 Å². The fourth-order valence-corrected chi connectivity index (χ4v) is 3.50. The zero-order chi connectivity index (χ0) is 19.0. The van der Waals surface area contributed by atoms with E-state index in [0.29, 0.717) is 17.3 Å². The van der Waals surface area contributed by atoms with E-state index in [9.17, 15) is 9.90 Å². The summed E-state index contributed by atoms with van der Waals surface area (Å²) in [5.74, 6) is 0.987. The number of carbonyl (C=O) groups excluding carboxylic acids is 1. The molecule has 0 aliphatic heterocycles. The van der Waals surface area contributed by atoms with Crippen LogP contribution in [0.4, 0.5) is 0 Å². The van der Waals surface area contributed by atoms with Crippen molar-refractivity contribution in [2.45, 2.75) is 38.8 Å². The van der Waals surface area contributed by atoms with E-state index in [-0.39, 0.29) is 11.9 Å². The number of aliphatic hydroxyl groups is 1. The van der Waals surface area contributed by atoms with Crippen molar-refractivity contribution in [2.24, 2.45) is 0 Å². The van der Waals surface area contributed by atoms with Gasteiger partial charge in [0.05, 0.1) is 12.1 Å². The molecule has 1 aromatic heterocycles. The summed E-state index contributed by atoms with van der Waals surface area (Å²) in [6.07, 6.45) is 1.14. The highest BCUT2D eigenvalue weighted by Crippen LogP contribution is 2.34. The maximum Gasteiger partial charge on any atom is 0.251 e. The zero-order valence-electron chi connectivity index (χ0n) is 15.3. The molecule has 1 unspecified atom stereocenters. The highest BCUT2D eigenvalue weighted by atomic mass is 16.5.